The molecule has 2 amide bonds. The Morgan fingerprint density at radius 1 is 1.17 bits per heavy atom. The Hall–Kier alpha value is -5.11. The maximum absolute atomic E-state index is 15.1. The van der Waals surface area contributed by atoms with Crippen LogP contribution in [-0.4, -0.2) is 83.6 Å². The van der Waals surface area contributed by atoms with Gasteiger partial charge in [0.25, 0.3) is 6.43 Å². The van der Waals surface area contributed by atoms with Crippen LogP contribution in [0.3, 0.4) is 0 Å². The van der Waals surface area contributed by atoms with Gasteiger partial charge in [0.15, 0.2) is 5.82 Å². The topological polar surface area (TPSA) is 169 Å². The summed E-state index contributed by atoms with van der Waals surface area (Å²) in [7, 11) is 1.37. The molecule has 21 heteroatoms. The summed E-state index contributed by atoms with van der Waals surface area (Å²) in [6, 6.07) is 4.75. The monoisotopic (exact) mass is 699 g/mol. The number of aromatic nitrogens is 7. The third-order valence-corrected chi connectivity index (χ3v) is 7.84. The molecule has 2 atom stereocenters. The molecule has 4 aromatic rings. The van der Waals surface area contributed by atoms with Gasteiger partial charge < -0.3 is 15.4 Å². The third-order valence-electron chi connectivity index (χ3n) is 7.52. The van der Waals surface area contributed by atoms with E-state index in [1.807, 2.05) is 0 Å². The SMILES string of the molecule is CN[C@@H](C(=O)N(C=N)[C@H](COC(=O)NC1(C(F)(F)F)CC1)c1ccc(Cl)c(-n2ncnc2C(F)F)c1)c1ccc(-n2cnnn2)c(F)c1. The standard InChI is InChI=1S/C27H24ClF6N11O3/c1-36-21(15-3-5-18(17(29)8-15)44-13-38-41-42-44)24(46)43(11-35)20(10-48-25(47)40-26(6-7-26)27(32,33)34)14-2-4-16(28)19(9-14)45-23(22(30)31)37-12-39-45/h2-5,8-9,11-13,20-22,35-36H,6-7,10H2,1H3,(H,40,47)/t20-,21-/m1/s1. The number of carbonyl (C=O) groups excluding carboxylic acids is 2. The van der Waals surface area contributed by atoms with Crippen molar-refractivity contribution in [3.8, 4) is 11.4 Å². The summed E-state index contributed by atoms with van der Waals surface area (Å²) in [6.45, 7) is -0.815. The summed E-state index contributed by atoms with van der Waals surface area (Å²) in [6.07, 6.45) is -7.42. The number of hydrogen-bond donors (Lipinski definition) is 3. The number of carbonyl (C=O) groups is 2. The molecule has 3 N–H and O–H groups in total. The minimum atomic E-state index is -4.75. The van der Waals surface area contributed by atoms with E-state index in [4.69, 9.17) is 21.7 Å². The molecule has 14 nitrogen and oxygen atoms in total. The highest BCUT2D eigenvalue weighted by atomic mass is 35.5. The van der Waals surface area contributed by atoms with E-state index in [1.54, 1.807) is 5.32 Å². The summed E-state index contributed by atoms with van der Waals surface area (Å²) in [5, 5.41) is 26.9. The number of alkyl halides is 5. The molecule has 0 saturated heterocycles. The molecular weight excluding hydrogens is 676 g/mol. The van der Waals surface area contributed by atoms with Gasteiger partial charge in [-0.05, 0) is 65.7 Å². The summed E-state index contributed by atoms with van der Waals surface area (Å²) < 4.78 is 89.7. The molecule has 0 bridgehead atoms. The van der Waals surface area contributed by atoms with E-state index in [9.17, 15) is 31.5 Å². The molecule has 0 spiro atoms. The molecule has 48 heavy (non-hydrogen) atoms. The second kappa shape index (κ2) is 13.6. The zero-order valence-electron chi connectivity index (χ0n) is 24.5. The fourth-order valence-electron chi connectivity index (χ4n) is 4.86. The number of ether oxygens (including phenoxy) is 1. The van der Waals surface area contributed by atoms with Crippen molar-refractivity contribution >= 4 is 29.9 Å². The molecule has 1 aliphatic rings. The molecule has 2 aromatic heterocycles. The van der Waals surface area contributed by atoms with Gasteiger partial charge in [-0.3, -0.25) is 15.1 Å². The number of benzene rings is 2. The lowest BCUT2D eigenvalue weighted by molar-refractivity contribution is -0.164. The van der Waals surface area contributed by atoms with Gasteiger partial charge in [0.2, 0.25) is 5.91 Å². The van der Waals surface area contributed by atoms with Crippen LogP contribution in [0.25, 0.3) is 11.4 Å². The first-order valence-electron chi connectivity index (χ1n) is 13.8. The number of amides is 2. The average molecular weight is 700 g/mol. The second-order valence-electron chi connectivity index (χ2n) is 10.4. The zero-order chi connectivity index (χ0) is 34.8. The van der Waals surface area contributed by atoms with Gasteiger partial charge in [-0.2, -0.15) is 23.0 Å². The van der Waals surface area contributed by atoms with Crippen molar-refractivity contribution in [2.45, 2.75) is 43.1 Å². The lowest BCUT2D eigenvalue weighted by atomic mass is 10.0. The first-order chi connectivity index (χ1) is 22.8. The quantitative estimate of drug-likeness (QED) is 0.111. The molecule has 0 radical (unpaired) electrons. The Morgan fingerprint density at radius 2 is 1.90 bits per heavy atom. The van der Waals surface area contributed by atoms with Crippen molar-refractivity contribution in [2.75, 3.05) is 13.7 Å². The fraction of sp³-hybridized carbons (Fsp3) is 0.333. The van der Waals surface area contributed by atoms with Crippen molar-refractivity contribution in [3.63, 3.8) is 0 Å². The van der Waals surface area contributed by atoms with Crippen LogP contribution in [0, 0.1) is 11.2 Å². The molecule has 0 aliphatic heterocycles. The van der Waals surface area contributed by atoms with Crippen LogP contribution in [0.15, 0.2) is 49.1 Å². The molecule has 0 unspecified atom stereocenters. The fourth-order valence-corrected chi connectivity index (χ4v) is 5.06. The number of nitrogens with zero attached hydrogens (tertiary/aromatic N) is 8. The normalized spacial score (nSPS) is 15.1. The molecule has 1 fully saturated rings. The number of likely N-dealkylation sites (N-methyl/N-ethyl adjacent to an activating group) is 1. The second-order valence-corrected chi connectivity index (χ2v) is 10.8. The van der Waals surface area contributed by atoms with Gasteiger partial charge >= 0.3 is 12.3 Å². The van der Waals surface area contributed by atoms with E-state index in [1.165, 1.54) is 37.4 Å². The van der Waals surface area contributed by atoms with E-state index >= 15 is 4.39 Å². The van der Waals surface area contributed by atoms with E-state index < -0.39 is 60.5 Å². The number of halogens is 7. The lowest BCUT2D eigenvalue weighted by Gasteiger charge is -2.32. The summed E-state index contributed by atoms with van der Waals surface area (Å²) in [4.78, 5) is 30.9. The van der Waals surface area contributed by atoms with Gasteiger partial charge in [-0.1, -0.05) is 23.7 Å². The van der Waals surface area contributed by atoms with Gasteiger partial charge in [-0.15, -0.1) is 5.10 Å². The number of tetrazole rings is 1. The van der Waals surface area contributed by atoms with Crippen LogP contribution in [0.1, 0.15) is 48.3 Å². The predicted octanol–water partition coefficient (Wildman–Crippen LogP) is 4.23. The minimum Gasteiger partial charge on any atom is -0.447 e. The largest absolute Gasteiger partial charge is 0.447 e. The van der Waals surface area contributed by atoms with Gasteiger partial charge in [0.05, 0.1) is 23.1 Å². The van der Waals surface area contributed by atoms with Crippen LogP contribution in [-0.2, 0) is 9.53 Å². The highest BCUT2D eigenvalue weighted by Gasteiger charge is 2.64. The third kappa shape index (κ3) is 6.79. The molecule has 5 rings (SSSR count). The van der Waals surface area contributed by atoms with Crippen LogP contribution >= 0.6 is 11.6 Å². The van der Waals surface area contributed by atoms with Gasteiger partial charge in [-0.25, -0.2) is 27.6 Å². The van der Waals surface area contributed by atoms with E-state index in [-0.39, 0.29) is 40.4 Å². The molecule has 2 aromatic carbocycles. The Bertz CT molecular complexity index is 1800. The molecule has 1 saturated carbocycles. The minimum absolute atomic E-state index is 0.0375. The van der Waals surface area contributed by atoms with E-state index in [2.05, 4.69) is 30.9 Å². The first-order valence-corrected chi connectivity index (χ1v) is 14.2. The summed E-state index contributed by atoms with van der Waals surface area (Å²) in [5.41, 5.74) is -2.50. The first kappa shape index (κ1) is 34.2. The van der Waals surface area contributed by atoms with Gasteiger partial charge in [0.1, 0.15) is 42.3 Å². The van der Waals surface area contributed by atoms with E-state index in [0.29, 0.717) is 6.34 Å². The van der Waals surface area contributed by atoms with Crippen molar-refractivity contribution in [3.05, 3.63) is 76.8 Å². The molecular formula is C27H24ClF6N11O3. The van der Waals surface area contributed by atoms with Crippen LogP contribution in [0.2, 0.25) is 5.02 Å². The summed E-state index contributed by atoms with van der Waals surface area (Å²) in [5.74, 6) is -2.48. The van der Waals surface area contributed by atoms with E-state index in [0.717, 1.165) is 33.0 Å². The number of rotatable bonds is 12. The predicted molar refractivity (Wildman–Crippen MR) is 153 cm³/mol. The van der Waals surface area contributed by atoms with Gasteiger partial charge in [0, 0.05) is 0 Å². The lowest BCUT2D eigenvalue weighted by Crippen LogP contribution is -2.49. The molecule has 254 valence electrons. The highest BCUT2D eigenvalue weighted by Crippen LogP contribution is 2.49. The number of hydrogen-bond acceptors (Lipinski definition) is 10. The average Bonchev–Trinajstić information content (AvgIpc) is 3.40. The van der Waals surface area contributed by atoms with Crippen molar-refractivity contribution in [1.82, 2.24) is 50.5 Å². The van der Waals surface area contributed by atoms with Crippen LogP contribution in [0.5, 0.6) is 0 Å². The number of alkyl carbamates (subject to hydrolysis) is 1. The maximum atomic E-state index is 15.1. The number of nitrogens with one attached hydrogen (secondary N) is 3. The Labute approximate surface area is 271 Å². The van der Waals surface area contributed by atoms with Crippen molar-refractivity contribution < 1.29 is 40.7 Å². The highest BCUT2D eigenvalue weighted by molar-refractivity contribution is 6.32. The van der Waals surface area contributed by atoms with Crippen molar-refractivity contribution in [1.29, 1.82) is 5.41 Å². The zero-order valence-corrected chi connectivity index (χ0v) is 25.3. The Kier molecular flexibility index (Phi) is 9.66. The Morgan fingerprint density at radius 3 is 2.48 bits per heavy atom. The van der Waals surface area contributed by atoms with Crippen LogP contribution < -0.4 is 10.6 Å². The molecule has 1 aliphatic carbocycles. The smallest absolute Gasteiger partial charge is 0.411 e. The summed E-state index contributed by atoms with van der Waals surface area (Å²) >= 11 is 6.29. The maximum Gasteiger partial charge on any atom is 0.411 e. The van der Waals surface area contributed by atoms with Crippen LogP contribution in [0.4, 0.5) is 31.1 Å². The van der Waals surface area contributed by atoms with Crippen molar-refractivity contribution in [2.24, 2.45) is 0 Å². The molecule has 2 heterocycles. The Balaban J connectivity index is 1.50.